The topological polar surface area (TPSA) is 59.2 Å². The molecule has 0 bridgehead atoms. The van der Waals surface area contributed by atoms with Gasteiger partial charge in [-0.15, -0.1) is 11.3 Å². The van der Waals surface area contributed by atoms with Crippen LogP contribution in [0.5, 0.6) is 0 Å². The van der Waals surface area contributed by atoms with E-state index in [2.05, 4.69) is 4.98 Å². The van der Waals surface area contributed by atoms with Gasteiger partial charge in [0.1, 0.15) is 5.69 Å². The second-order valence-corrected chi connectivity index (χ2v) is 5.47. The Hall–Kier alpha value is -0.940. The van der Waals surface area contributed by atoms with Crippen LogP contribution in [0.15, 0.2) is 10.9 Å². The molecular weight excluding hydrogens is 222 g/mol. The Morgan fingerprint density at radius 2 is 2.38 bits per heavy atom. The molecule has 1 aliphatic heterocycles. The molecule has 4 nitrogen and oxygen atoms in total. The molecule has 3 atom stereocenters. The summed E-state index contributed by atoms with van der Waals surface area (Å²) < 4.78 is 0. The van der Waals surface area contributed by atoms with Crippen LogP contribution in [-0.2, 0) is 0 Å². The summed E-state index contributed by atoms with van der Waals surface area (Å²) in [5, 5.41) is 1.82. The second kappa shape index (κ2) is 3.82. The highest BCUT2D eigenvalue weighted by Crippen LogP contribution is 2.37. The summed E-state index contributed by atoms with van der Waals surface area (Å²) in [5.41, 5.74) is 8.34. The quantitative estimate of drug-likeness (QED) is 0.791. The van der Waals surface area contributed by atoms with Crippen LogP contribution in [0.3, 0.4) is 0 Å². The zero-order valence-corrected chi connectivity index (χ0v) is 9.82. The lowest BCUT2D eigenvalue weighted by molar-refractivity contribution is 0.0774. The summed E-state index contributed by atoms with van der Waals surface area (Å²) in [6.45, 7) is 1.69. The first-order chi connectivity index (χ1) is 7.75. The molecule has 2 N–H and O–H groups in total. The van der Waals surface area contributed by atoms with E-state index < -0.39 is 0 Å². The zero-order valence-electron chi connectivity index (χ0n) is 9.00. The second-order valence-electron chi connectivity index (χ2n) is 4.75. The fraction of sp³-hybridized carbons (Fsp3) is 0.636. The molecule has 1 aromatic heterocycles. The van der Waals surface area contributed by atoms with Gasteiger partial charge in [0.2, 0.25) is 0 Å². The number of nitrogens with zero attached hydrogens (tertiary/aromatic N) is 2. The number of rotatable bonds is 1. The van der Waals surface area contributed by atoms with Crippen molar-refractivity contribution in [3.8, 4) is 0 Å². The minimum Gasteiger partial charge on any atom is -0.337 e. The predicted molar refractivity (Wildman–Crippen MR) is 62.2 cm³/mol. The number of amides is 1. The van der Waals surface area contributed by atoms with Gasteiger partial charge in [-0.05, 0) is 24.7 Å². The molecule has 3 rings (SSSR count). The summed E-state index contributed by atoms with van der Waals surface area (Å²) in [4.78, 5) is 18.1. The highest BCUT2D eigenvalue weighted by atomic mass is 32.1. The summed E-state index contributed by atoms with van der Waals surface area (Å²) in [6, 6.07) is 0.290. The third kappa shape index (κ3) is 1.55. The van der Waals surface area contributed by atoms with Crippen molar-refractivity contribution < 1.29 is 4.79 Å². The number of nitrogens with two attached hydrogens (primary N) is 1. The van der Waals surface area contributed by atoms with Crippen LogP contribution >= 0.6 is 11.3 Å². The van der Waals surface area contributed by atoms with Crippen LogP contribution in [0.4, 0.5) is 0 Å². The lowest BCUT2D eigenvalue weighted by Crippen LogP contribution is -2.33. The van der Waals surface area contributed by atoms with Gasteiger partial charge >= 0.3 is 0 Å². The number of carbonyl (C=O) groups excluding carboxylic acids is 1. The van der Waals surface area contributed by atoms with E-state index in [0.717, 1.165) is 19.5 Å². The Morgan fingerprint density at radius 1 is 1.50 bits per heavy atom. The molecule has 5 heteroatoms. The molecule has 2 aliphatic rings. The van der Waals surface area contributed by atoms with Gasteiger partial charge in [0.05, 0.1) is 5.51 Å². The molecule has 0 spiro atoms. The summed E-state index contributed by atoms with van der Waals surface area (Å²) in [6.07, 6.45) is 2.29. The van der Waals surface area contributed by atoms with E-state index in [-0.39, 0.29) is 5.91 Å². The molecule has 86 valence electrons. The van der Waals surface area contributed by atoms with Crippen molar-refractivity contribution in [2.24, 2.45) is 17.6 Å². The molecule has 0 radical (unpaired) electrons. The van der Waals surface area contributed by atoms with Crippen molar-refractivity contribution in [3.05, 3.63) is 16.6 Å². The van der Waals surface area contributed by atoms with Crippen LogP contribution in [0.1, 0.15) is 23.3 Å². The van der Waals surface area contributed by atoms with Gasteiger partial charge in [-0.2, -0.15) is 0 Å². The van der Waals surface area contributed by atoms with E-state index in [4.69, 9.17) is 5.73 Å². The molecule has 0 aromatic carbocycles. The number of hydrogen-bond acceptors (Lipinski definition) is 4. The van der Waals surface area contributed by atoms with Crippen molar-refractivity contribution in [1.29, 1.82) is 0 Å². The third-order valence-electron chi connectivity index (χ3n) is 3.85. The molecule has 1 aromatic rings. The monoisotopic (exact) mass is 237 g/mol. The third-order valence-corrected chi connectivity index (χ3v) is 4.44. The molecule has 1 aliphatic carbocycles. The van der Waals surface area contributed by atoms with Crippen molar-refractivity contribution in [2.45, 2.75) is 18.9 Å². The van der Waals surface area contributed by atoms with Gasteiger partial charge in [0.25, 0.3) is 5.91 Å². The Balaban J connectivity index is 1.73. The molecule has 2 heterocycles. The Morgan fingerprint density at radius 3 is 3.06 bits per heavy atom. The van der Waals surface area contributed by atoms with E-state index >= 15 is 0 Å². The number of fused-ring (bicyclic) bond motifs is 1. The fourth-order valence-electron chi connectivity index (χ4n) is 2.95. The maximum absolute atomic E-state index is 12.1. The first-order valence-electron chi connectivity index (χ1n) is 5.69. The van der Waals surface area contributed by atoms with E-state index in [1.165, 1.54) is 17.8 Å². The lowest BCUT2D eigenvalue weighted by Gasteiger charge is -2.17. The van der Waals surface area contributed by atoms with Gasteiger partial charge < -0.3 is 10.6 Å². The van der Waals surface area contributed by atoms with Crippen LogP contribution < -0.4 is 5.73 Å². The van der Waals surface area contributed by atoms with Gasteiger partial charge in [-0.1, -0.05) is 0 Å². The van der Waals surface area contributed by atoms with Gasteiger partial charge in [-0.3, -0.25) is 4.79 Å². The molecule has 1 saturated heterocycles. The normalized spacial score (nSPS) is 33.1. The highest BCUT2D eigenvalue weighted by Gasteiger charge is 2.42. The average Bonchev–Trinajstić information content (AvgIpc) is 2.96. The predicted octanol–water partition coefficient (Wildman–Crippen LogP) is 0.952. The lowest BCUT2D eigenvalue weighted by atomic mass is 9.98. The Bertz CT molecular complexity index is 392. The SMILES string of the molecule is N[C@@H]1CC[C@@H]2CN(C(=O)c3cscn3)C[C@H]21. The van der Waals surface area contributed by atoms with Gasteiger partial charge in [0.15, 0.2) is 0 Å². The fourth-order valence-corrected chi connectivity index (χ4v) is 3.48. The van der Waals surface area contributed by atoms with Crippen molar-refractivity contribution in [3.63, 3.8) is 0 Å². The van der Waals surface area contributed by atoms with E-state index in [1.807, 2.05) is 10.3 Å². The molecule has 1 amide bonds. The maximum Gasteiger partial charge on any atom is 0.273 e. The first-order valence-corrected chi connectivity index (χ1v) is 6.63. The summed E-state index contributed by atoms with van der Waals surface area (Å²) in [5.74, 6) is 1.21. The molecule has 16 heavy (non-hydrogen) atoms. The Labute approximate surface area is 98.5 Å². The number of carbonyl (C=O) groups is 1. The Kier molecular flexibility index (Phi) is 2.44. The number of aromatic nitrogens is 1. The van der Waals surface area contributed by atoms with Crippen LogP contribution in [0.25, 0.3) is 0 Å². The van der Waals surface area contributed by atoms with Crippen molar-refractivity contribution in [2.75, 3.05) is 13.1 Å². The summed E-state index contributed by atoms with van der Waals surface area (Å²) >= 11 is 1.47. The number of likely N-dealkylation sites (tertiary alicyclic amines) is 1. The van der Waals surface area contributed by atoms with Crippen LogP contribution in [0.2, 0.25) is 0 Å². The smallest absolute Gasteiger partial charge is 0.273 e. The average molecular weight is 237 g/mol. The maximum atomic E-state index is 12.1. The van der Waals surface area contributed by atoms with Gasteiger partial charge in [0, 0.05) is 24.5 Å². The largest absolute Gasteiger partial charge is 0.337 e. The standard InChI is InChI=1S/C11H15N3OS/c12-9-2-1-7-3-14(4-8(7)9)11(15)10-5-16-6-13-10/h5-9H,1-4,12H2/t7-,8-,9-/m1/s1. The zero-order chi connectivity index (χ0) is 11.1. The van der Waals surface area contributed by atoms with Crippen LogP contribution in [-0.4, -0.2) is 34.9 Å². The molecular formula is C11H15N3OS. The van der Waals surface area contributed by atoms with Gasteiger partial charge in [-0.25, -0.2) is 4.98 Å². The minimum atomic E-state index is 0.0721. The number of thiazole rings is 1. The van der Waals surface area contributed by atoms with E-state index in [1.54, 1.807) is 5.51 Å². The summed E-state index contributed by atoms with van der Waals surface area (Å²) in [7, 11) is 0. The molecule has 1 saturated carbocycles. The van der Waals surface area contributed by atoms with E-state index in [9.17, 15) is 4.79 Å². The van der Waals surface area contributed by atoms with Crippen LogP contribution in [0, 0.1) is 11.8 Å². The highest BCUT2D eigenvalue weighted by molar-refractivity contribution is 7.07. The minimum absolute atomic E-state index is 0.0721. The van der Waals surface area contributed by atoms with E-state index in [0.29, 0.717) is 23.6 Å². The molecule has 0 unspecified atom stereocenters. The van der Waals surface area contributed by atoms with Crippen molar-refractivity contribution >= 4 is 17.2 Å². The number of hydrogen-bond donors (Lipinski definition) is 1. The first kappa shape index (κ1) is 10.2. The van der Waals surface area contributed by atoms with Crippen molar-refractivity contribution in [1.82, 2.24) is 9.88 Å². The molecule has 2 fully saturated rings.